The third-order valence-corrected chi connectivity index (χ3v) is 5.96. The zero-order valence-electron chi connectivity index (χ0n) is 17.8. The fraction of sp³-hybridized carbons (Fsp3) is 0.259. The molecule has 4 heteroatoms. The zero-order valence-corrected chi connectivity index (χ0v) is 17.8. The molecule has 0 spiro atoms. The molecule has 0 saturated carbocycles. The van der Waals surface area contributed by atoms with Crippen LogP contribution in [-0.2, 0) is 4.79 Å². The van der Waals surface area contributed by atoms with E-state index >= 15 is 0 Å². The van der Waals surface area contributed by atoms with E-state index in [4.69, 9.17) is 0 Å². The van der Waals surface area contributed by atoms with Crippen LogP contribution in [-0.4, -0.2) is 35.8 Å². The average molecular weight is 413 g/mol. The Hall–Kier alpha value is -3.40. The van der Waals surface area contributed by atoms with Gasteiger partial charge in [0.15, 0.2) is 0 Å². The summed E-state index contributed by atoms with van der Waals surface area (Å²) in [7, 11) is 0. The van der Waals surface area contributed by atoms with Crippen LogP contribution in [0.15, 0.2) is 84.9 Å². The molecule has 1 heterocycles. The molecule has 1 aliphatic heterocycles. The van der Waals surface area contributed by atoms with Crippen LogP contribution in [0.4, 0.5) is 0 Å². The lowest BCUT2D eigenvalue weighted by Gasteiger charge is -2.33. The molecule has 4 rings (SSSR count). The summed E-state index contributed by atoms with van der Waals surface area (Å²) in [6.07, 6.45) is 1.53. The van der Waals surface area contributed by atoms with Crippen LogP contribution in [0.2, 0.25) is 0 Å². The summed E-state index contributed by atoms with van der Waals surface area (Å²) in [5.41, 5.74) is 3.84. The second kappa shape index (κ2) is 9.61. The maximum atomic E-state index is 13.3. The topological polar surface area (TPSA) is 49.4 Å². The summed E-state index contributed by atoms with van der Waals surface area (Å²) in [4.78, 5) is 27.9. The zero-order chi connectivity index (χ0) is 21.6. The van der Waals surface area contributed by atoms with Crippen LogP contribution < -0.4 is 5.32 Å². The normalized spacial score (nSPS) is 14.5. The van der Waals surface area contributed by atoms with Gasteiger partial charge in [-0.3, -0.25) is 9.59 Å². The SMILES string of the molecule is Cc1ccc(C(=O)N2CCC(NC(=O)C(c3ccccc3)c3ccccc3)CC2)cc1. The lowest BCUT2D eigenvalue weighted by molar-refractivity contribution is -0.122. The summed E-state index contributed by atoms with van der Waals surface area (Å²) < 4.78 is 0. The summed E-state index contributed by atoms with van der Waals surface area (Å²) >= 11 is 0. The lowest BCUT2D eigenvalue weighted by Crippen LogP contribution is -2.47. The highest BCUT2D eigenvalue weighted by Crippen LogP contribution is 2.25. The number of amides is 2. The van der Waals surface area contributed by atoms with Gasteiger partial charge in [-0.25, -0.2) is 0 Å². The van der Waals surface area contributed by atoms with E-state index in [-0.39, 0.29) is 23.8 Å². The van der Waals surface area contributed by atoms with E-state index in [0.29, 0.717) is 13.1 Å². The summed E-state index contributed by atoms with van der Waals surface area (Å²) in [5, 5.41) is 3.25. The number of hydrogen-bond donors (Lipinski definition) is 1. The van der Waals surface area contributed by atoms with Gasteiger partial charge in [-0.15, -0.1) is 0 Å². The molecule has 31 heavy (non-hydrogen) atoms. The molecule has 1 saturated heterocycles. The minimum absolute atomic E-state index is 0.0145. The number of nitrogens with one attached hydrogen (secondary N) is 1. The van der Waals surface area contributed by atoms with Crippen molar-refractivity contribution in [3.8, 4) is 0 Å². The smallest absolute Gasteiger partial charge is 0.253 e. The summed E-state index contributed by atoms with van der Waals surface area (Å²) in [5.74, 6) is -0.258. The van der Waals surface area contributed by atoms with E-state index in [0.717, 1.165) is 35.1 Å². The van der Waals surface area contributed by atoms with E-state index in [1.807, 2.05) is 96.8 Å². The first-order chi connectivity index (χ1) is 15.1. The van der Waals surface area contributed by atoms with Crippen LogP contribution in [0, 0.1) is 6.92 Å². The fourth-order valence-corrected chi connectivity index (χ4v) is 4.18. The van der Waals surface area contributed by atoms with Crippen LogP contribution in [0.5, 0.6) is 0 Å². The third kappa shape index (κ3) is 5.02. The highest BCUT2D eigenvalue weighted by molar-refractivity contribution is 5.94. The number of piperidine rings is 1. The number of carbonyl (C=O) groups is 2. The van der Waals surface area contributed by atoms with Crippen molar-refractivity contribution in [3.63, 3.8) is 0 Å². The Morgan fingerprint density at radius 3 is 1.84 bits per heavy atom. The highest BCUT2D eigenvalue weighted by Gasteiger charge is 2.28. The Labute approximate surface area is 183 Å². The Morgan fingerprint density at radius 1 is 0.806 bits per heavy atom. The molecule has 4 nitrogen and oxygen atoms in total. The summed E-state index contributed by atoms with van der Waals surface area (Å²) in [6, 6.07) is 27.6. The molecule has 158 valence electrons. The summed E-state index contributed by atoms with van der Waals surface area (Å²) in [6.45, 7) is 3.32. The Balaban J connectivity index is 1.40. The van der Waals surface area contributed by atoms with Gasteiger partial charge < -0.3 is 10.2 Å². The van der Waals surface area contributed by atoms with Crippen molar-refractivity contribution < 1.29 is 9.59 Å². The van der Waals surface area contributed by atoms with Crippen LogP contribution in [0.3, 0.4) is 0 Å². The van der Waals surface area contributed by atoms with Crippen molar-refractivity contribution in [2.75, 3.05) is 13.1 Å². The minimum Gasteiger partial charge on any atom is -0.352 e. The molecular weight excluding hydrogens is 384 g/mol. The number of carbonyl (C=O) groups excluding carboxylic acids is 2. The number of rotatable bonds is 5. The Kier molecular flexibility index (Phi) is 6.46. The van der Waals surface area contributed by atoms with Crippen molar-refractivity contribution in [3.05, 3.63) is 107 Å². The van der Waals surface area contributed by atoms with Gasteiger partial charge in [0.25, 0.3) is 5.91 Å². The highest BCUT2D eigenvalue weighted by atomic mass is 16.2. The largest absolute Gasteiger partial charge is 0.352 e. The fourth-order valence-electron chi connectivity index (χ4n) is 4.18. The standard InChI is InChI=1S/C27H28N2O2/c1-20-12-14-23(15-13-20)27(31)29-18-16-24(17-19-29)28-26(30)25(21-8-4-2-5-9-21)22-10-6-3-7-11-22/h2-15,24-25H,16-19H2,1H3,(H,28,30). The van der Waals surface area contributed by atoms with Crippen molar-refractivity contribution in [2.24, 2.45) is 0 Å². The van der Waals surface area contributed by atoms with Crippen molar-refractivity contribution in [1.29, 1.82) is 0 Å². The number of aryl methyl sites for hydroxylation is 1. The molecular formula is C27H28N2O2. The monoisotopic (exact) mass is 412 g/mol. The molecule has 1 fully saturated rings. The predicted octanol–water partition coefficient (Wildman–Crippen LogP) is 4.55. The van der Waals surface area contributed by atoms with Gasteiger partial charge in [-0.1, -0.05) is 78.4 Å². The van der Waals surface area contributed by atoms with Gasteiger partial charge in [-0.05, 0) is 43.0 Å². The Morgan fingerprint density at radius 2 is 1.32 bits per heavy atom. The lowest BCUT2D eigenvalue weighted by atomic mass is 9.90. The third-order valence-electron chi connectivity index (χ3n) is 5.96. The number of likely N-dealkylation sites (tertiary alicyclic amines) is 1. The van der Waals surface area contributed by atoms with Gasteiger partial charge in [0.05, 0.1) is 5.92 Å². The maximum Gasteiger partial charge on any atom is 0.253 e. The van der Waals surface area contributed by atoms with Crippen LogP contribution >= 0.6 is 0 Å². The van der Waals surface area contributed by atoms with Crippen molar-refractivity contribution >= 4 is 11.8 Å². The van der Waals surface area contributed by atoms with Gasteiger partial charge in [0.1, 0.15) is 0 Å². The molecule has 3 aromatic rings. The maximum absolute atomic E-state index is 13.3. The first kappa shape index (κ1) is 20.9. The van der Waals surface area contributed by atoms with Crippen molar-refractivity contribution in [1.82, 2.24) is 10.2 Å². The molecule has 0 unspecified atom stereocenters. The predicted molar refractivity (Wildman–Crippen MR) is 123 cm³/mol. The van der Waals surface area contributed by atoms with E-state index in [1.165, 1.54) is 0 Å². The number of nitrogens with zero attached hydrogens (tertiary/aromatic N) is 1. The van der Waals surface area contributed by atoms with Crippen LogP contribution in [0.25, 0.3) is 0 Å². The molecule has 0 atom stereocenters. The number of benzene rings is 3. The van der Waals surface area contributed by atoms with Crippen LogP contribution in [0.1, 0.15) is 45.8 Å². The second-order valence-electron chi connectivity index (χ2n) is 8.20. The second-order valence-corrected chi connectivity index (χ2v) is 8.20. The molecule has 1 aliphatic rings. The molecule has 1 N–H and O–H groups in total. The minimum atomic E-state index is -0.338. The van der Waals surface area contributed by atoms with Gasteiger partial charge >= 0.3 is 0 Å². The first-order valence-corrected chi connectivity index (χ1v) is 10.9. The molecule has 0 aliphatic carbocycles. The molecule has 0 radical (unpaired) electrons. The van der Waals surface area contributed by atoms with E-state index in [1.54, 1.807) is 0 Å². The molecule has 3 aromatic carbocycles. The van der Waals surface area contributed by atoms with Crippen molar-refractivity contribution in [2.45, 2.75) is 31.7 Å². The van der Waals surface area contributed by atoms with Gasteiger partial charge in [-0.2, -0.15) is 0 Å². The Bertz CT molecular complexity index is 969. The number of hydrogen-bond acceptors (Lipinski definition) is 2. The van der Waals surface area contributed by atoms with E-state index in [2.05, 4.69) is 5.32 Å². The molecule has 0 aromatic heterocycles. The quantitative estimate of drug-likeness (QED) is 0.668. The first-order valence-electron chi connectivity index (χ1n) is 10.9. The van der Waals surface area contributed by atoms with Gasteiger partial charge in [0, 0.05) is 24.7 Å². The molecule has 0 bridgehead atoms. The van der Waals surface area contributed by atoms with E-state index in [9.17, 15) is 9.59 Å². The van der Waals surface area contributed by atoms with E-state index < -0.39 is 0 Å². The molecule has 2 amide bonds. The average Bonchev–Trinajstić information content (AvgIpc) is 2.81. The van der Waals surface area contributed by atoms with Gasteiger partial charge in [0.2, 0.25) is 5.91 Å².